The van der Waals surface area contributed by atoms with Gasteiger partial charge in [-0.3, -0.25) is 9.11 Å². The molecular weight excluding hydrogens is 606 g/mol. The molecule has 0 spiro atoms. The minimum atomic E-state index is -4.67. The van der Waals surface area contributed by atoms with Crippen molar-refractivity contribution in [3.8, 4) is 11.1 Å². The van der Waals surface area contributed by atoms with Gasteiger partial charge in [-0.25, -0.2) is 9.97 Å². The summed E-state index contributed by atoms with van der Waals surface area (Å²) in [6.07, 6.45) is 6.76. The first kappa shape index (κ1) is 30.6. The zero-order valence-electron chi connectivity index (χ0n) is 20.1. The molecule has 2 aromatic heterocycles. The normalized spacial score (nSPS) is 11.1. The Kier molecular flexibility index (Phi) is 10.9. The molecule has 0 saturated carbocycles. The lowest BCUT2D eigenvalue weighted by atomic mass is 10.0. The number of rotatable bonds is 3. The Bertz CT molecular complexity index is 1720. The third kappa shape index (κ3) is 9.05. The second kappa shape index (κ2) is 13.9. The molecule has 7 nitrogen and oxygen atoms in total. The van der Waals surface area contributed by atoms with Gasteiger partial charge in [-0.1, -0.05) is 76.7 Å². The Morgan fingerprint density at radius 1 is 0.744 bits per heavy atom. The highest BCUT2D eigenvalue weighted by Gasteiger charge is 2.08. The van der Waals surface area contributed by atoms with Crippen molar-refractivity contribution in [3.63, 3.8) is 0 Å². The minimum absolute atomic E-state index is 0.441. The average molecular weight is 626 g/mol. The van der Waals surface area contributed by atoms with Crippen molar-refractivity contribution in [2.24, 2.45) is 0 Å². The Balaban J connectivity index is 0.000000185. The predicted octanol–water partition coefficient (Wildman–Crippen LogP) is 8.71. The number of aromatic nitrogens is 2. The van der Waals surface area contributed by atoms with Crippen LogP contribution in [0.15, 0.2) is 85.4 Å². The summed E-state index contributed by atoms with van der Waals surface area (Å²) in [7, 11) is -3.08. The molecule has 12 heteroatoms. The van der Waals surface area contributed by atoms with Gasteiger partial charge in [-0.05, 0) is 69.8 Å². The third-order valence-electron chi connectivity index (χ3n) is 5.14. The zero-order chi connectivity index (χ0) is 28.6. The van der Waals surface area contributed by atoms with Gasteiger partial charge in [0, 0.05) is 33.4 Å². The quantitative estimate of drug-likeness (QED) is 0.0892. The summed E-state index contributed by atoms with van der Waals surface area (Å²) in [6.45, 7) is 0. The Labute approximate surface area is 245 Å². The van der Waals surface area contributed by atoms with Gasteiger partial charge < -0.3 is 4.74 Å². The number of methoxy groups -OCH3 is 1. The van der Waals surface area contributed by atoms with Crippen molar-refractivity contribution in [2.45, 2.75) is 0 Å². The molecule has 0 radical (unpaired) electrons. The van der Waals surface area contributed by atoms with Crippen LogP contribution >= 0.6 is 46.4 Å². The fraction of sp³-hybridized carbons (Fsp3) is 0.0370. The van der Waals surface area contributed by atoms with E-state index in [1.807, 2.05) is 66.7 Å². The van der Waals surface area contributed by atoms with Gasteiger partial charge in [0.1, 0.15) is 10.3 Å². The van der Waals surface area contributed by atoms with E-state index in [1.54, 1.807) is 31.8 Å². The maximum absolute atomic E-state index is 8.74. The molecule has 0 saturated heterocycles. The molecule has 202 valence electrons. The van der Waals surface area contributed by atoms with Crippen LogP contribution in [-0.2, 0) is 15.1 Å². The molecule has 0 fully saturated rings. The molecule has 0 aliphatic heterocycles. The van der Waals surface area contributed by atoms with Gasteiger partial charge >= 0.3 is 10.4 Å². The molecule has 0 unspecified atom stereocenters. The van der Waals surface area contributed by atoms with Gasteiger partial charge in [-0.2, -0.15) is 8.42 Å². The van der Waals surface area contributed by atoms with Crippen molar-refractivity contribution in [3.05, 3.63) is 111 Å². The van der Waals surface area contributed by atoms with E-state index in [4.69, 9.17) is 68.7 Å². The van der Waals surface area contributed by atoms with E-state index < -0.39 is 10.4 Å². The standard InChI is InChI=1S/C14H11Cl2NO.C13H7Cl2N.H2O4S/c1-18-9-7-13-12(6-8-17-14(13)16)10-2-4-11(15)5-3-10;14-9-2-4-10-8(7-9)1-3-12-11(10)5-6-16-13(12)15;1-5(2,3)4/h2-9H,1H3;1-7H;(H2,1,2,3,4). The minimum Gasteiger partial charge on any atom is -0.504 e. The topological polar surface area (TPSA) is 110 Å². The van der Waals surface area contributed by atoms with Gasteiger partial charge in [0.15, 0.2) is 0 Å². The second-order valence-corrected chi connectivity index (χ2v) is 10.2. The molecule has 2 N–H and O–H groups in total. The lowest BCUT2D eigenvalue weighted by molar-refractivity contribution is 0.341. The van der Waals surface area contributed by atoms with Crippen LogP contribution in [0.1, 0.15) is 5.56 Å². The number of benzene rings is 3. The summed E-state index contributed by atoms with van der Waals surface area (Å²) >= 11 is 24.0. The number of nitrogens with zero attached hydrogens (tertiary/aromatic N) is 2. The molecule has 0 amide bonds. The lowest BCUT2D eigenvalue weighted by Crippen LogP contribution is -1.89. The smallest absolute Gasteiger partial charge is 0.394 e. The molecular formula is C27H20Cl4N2O5S. The molecule has 2 heterocycles. The number of fused-ring (bicyclic) bond motifs is 3. The number of pyridine rings is 2. The van der Waals surface area contributed by atoms with E-state index in [0.717, 1.165) is 43.3 Å². The number of hydrogen-bond donors (Lipinski definition) is 2. The number of halogens is 4. The first-order valence-corrected chi connectivity index (χ1v) is 13.8. The maximum Gasteiger partial charge on any atom is 0.394 e. The monoisotopic (exact) mass is 624 g/mol. The summed E-state index contributed by atoms with van der Waals surface area (Å²) in [5, 5.41) is 6.76. The summed E-state index contributed by atoms with van der Waals surface area (Å²) in [4.78, 5) is 8.14. The Morgan fingerprint density at radius 2 is 1.33 bits per heavy atom. The summed E-state index contributed by atoms with van der Waals surface area (Å²) in [6, 6.07) is 21.3. The zero-order valence-corrected chi connectivity index (χ0v) is 23.9. The molecule has 0 aliphatic carbocycles. The molecule has 0 atom stereocenters. The maximum atomic E-state index is 8.74. The second-order valence-electron chi connectivity index (χ2n) is 7.68. The number of hydrogen-bond acceptors (Lipinski definition) is 5. The average Bonchev–Trinajstić information content (AvgIpc) is 2.88. The van der Waals surface area contributed by atoms with E-state index in [9.17, 15) is 0 Å². The predicted molar refractivity (Wildman–Crippen MR) is 159 cm³/mol. The van der Waals surface area contributed by atoms with Crippen LogP contribution in [0.3, 0.4) is 0 Å². The van der Waals surface area contributed by atoms with E-state index in [-0.39, 0.29) is 0 Å². The molecule has 3 aromatic carbocycles. The van der Waals surface area contributed by atoms with Gasteiger partial charge in [0.05, 0.1) is 13.4 Å². The van der Waals surface area contributed by atoms with Crippen molar-refractivity contribution >= 4 is 84.4 Å². The van der Waals surface area contributed by atoms with Gasteiger partial charge in [0.2, 0.25) is 0 Å². The third-order valence-corrected chi connectivity index (χ3v) is 6.23. The molecule has 0 aliphatic rings. The molecule has 5 aromatic rings. The largest absolute Gasteiger partial charge is 0.504 e. The van der Waals surface area contributed by atoms with E-state index >= 15 is 0 Å². The summed E-state index contributed by atoms with van der Waals surface area (Å²) in [5.74, 6) is 0. The van der Waals surface area contributed by atoms with Crippen LogP contribution in [0.4, 0.5) is 0 Å². The number of ether oxygens (including phenoxy) is 1. The van der Waals surface area contributed by atoms with Crippen molar-refractivity contribution in [1.82, 2.24) is 9.97 Å². The van der Waals surface area contributed by atoms with E-state index in [2.05, 4.69) is 9.97 Å². The van der Waals surface area contributed by atoms with E-state index in [0.29, 0.717) is 15.3 Å². The molecule has 0 bridgehead atoms. The molecule has 5 rings (SSSR count). The van der Waals surface area contributed by atoms with Crippen LogP contribution in [0, 0.1) is 0 Å². The van der Waals surface area contributed by atoms with Gasteiger partial charge in [0.25, 0.3) is 0 Å². The van der Waals surface area contributed by atoms with E-state index in [1.165, 1.54) is 0 Å². The molecule has 39 heavy (non-hydrogen) atoms. The van der Waals surface area contributed by atoms with Crippen LogP contribution in [0.2, 0.25) is 20.4 Å². The van der Waals surface area contributed by atoms with Crippen molar-refractivity contribution in [2.75, 3.05) is 7.11 Å². The SMILES string of the molecule is COC=Cc1c(-c2ccc(Cl)cc2)ccnc1Cl.Clc1ccc2c(ccc3c(Cl)nccc32)c1.O=S(=O)(O)O. The fourth-order valence-corrected chi connectivity index (χ4v) is 4.30. The summed E-state index contributed by atoms with van der Waals surface area (Å²) < 4.78 is 36.5. The van der Waals surface area contributed by atoms with Crippen LogP contribution in [0.25, 0.3) is 38.7 Å². The highest BCUT2D eigenvalue weighted by atomic mass is 35.5. The Hall–Kier alpha value is -2.95. The summed E-state index contributed by atoms with van der Waals surface area (Å²) in [5.41, 5.74) is 2.84. The fourth-order valence-electron chi connectivity index (χ4n) is 3.55. The van der Waals surface area contributed by atoms with Gasteiger partial charge in [-0.15, -0.1) is 0 Å². The van der Waals surface area contributed by atoms with Crippen LogP contribution in [0.5, 0.6) is 0 Å². The van der Waals surface area contributed by atoms with Crippen LogP contribution < -0.4 is 0 Å². The van der Waals surface area contributed by atoms with Crippen molar-refractivity contribution in [1.29, 1.82) is 0 Å². The highest BCUT2D eigenvalue weighted by Crippen LogP contribution is 2.31. The lowest BCUT2D eigenvalue weighted by Gasteiger charge is -2.07. The first-order valence-electron chi connectivity index (χ1n) is 10.9. The Morgan fingerprint density at radius 3 is 2.00 bits per heavy atom. The highest BCUT2D eigenvalue weighted by molar-refractivity contribution is 7.79. The first-order chi connectivity index (χ1) is 18.5. The van der Waals surface area contributed by atoms with Crippen molar-refractivity contribution < 1.29 is 22.3 Å². The van der Waals surface area contributed by atoms with Crippen LogP contribution in [-0.4, -0.2) is 34.6 Å².